The van der Waals surface area contributed by atoms with Crippen molar-refractivity contribution >= 4 is 5.97 Å². The lowest BCUT2D eigenvalue weighted by Crippen LogP contribution is -2.10. The maximum atomic E-state index is 12.1. The maximum absolute atomic E-state index is 12.1. The molecule has 2 rings (SSSR count). The van der Waals surface area contributed by atoms with Crippen LogP contribution in [0, 0.1) is 6.92 Å². The zero-order chi connectivity index (χ0) is 17.4. The van der Waals surface area contributed by atoms with Crippen molar-refractivity contribution in [2.24, 2.45) is 0 Å². The second-order valence-electron chi connectivity index (χ2n) is 5.43. The van der Waals surface area contributed by atoms with Crippen LogP contribution in [-0.2, 0) is 11.2 Å². The zero-order valence-corrected chi connectivity index (χ0v) is 14.5. The van der Waals surface area contributed by atoms with Crippen LogP contribution in [-0.4, -0.2) is 19.2 Å². The van der Waals surface area contributed by atoms with Crippen LogP contribution in [0.4, 0.5) is 0 Å². The molecule has 0 aromatic heterocycles. The van der Waals surface area contributed by atoms with Crippen molar-refractivity contribution < 1.29 is 19.0 Å². The SMILES string of the molecule is CCOc1ccc(CCC(=O)Oc2ccc(C)cc2OCC)cc1. The molecule has 0 fully saturated rings. The predicted octanol–water partition coefficient (Wildman–Crippen LogP) is 4.33. The molecule has 0 aliphatic carbocycles. The Kier molecular flexibility index (Phi) is 6.67. The van der Waals surface area contributed by atoms with Gasteiger partial charge in [-0.15, -0.1) is 0 Å². The number of hydrogen-bond donors (Lipinski definition) is 0. The average molecular weight is 328 g/mol. The molecule has 24 heavy (non-hydrogen) atoms. The van der Waals surface area contributed by atoms with Gasteiger partial charge in [0.1, 0.15) is 5.75 Å². The molecule has 0 radical (unpaired) electrons. The fraction of sp³-hybridized carbons (Fsp3) is 0.350. The summed E-state index contributed by atoms with van der Waals surface area (Å²) in [6, 6.07) is 13.3. The van der Waals surface area contributed by atoms with Gasteiger partial charge in [-0.2, -0.15) is 0 Å². The van der Waals surface area contributed by atoms with Gasteiger partial charge >= 0.3 is 5.97 Å². The van der Waals surface area contributed by atoms with Crippen LogP contribution in [0.2, 0.25) is 0 Å². The first kappa shape index (κ1) is 17.9. The number of benzene rings is 2. The normalized spacial score (nSPS) is 10.3. The predicted molar refractivity (Wildman–Crippen MR) is 93.9 cm³/mol. The molecule has 0 saturated heterocycles. The Balaban J connectivity index is 1.91. The largest absolute Gasteiger partial charge is 0.494 e. The Morgan fingerprint density at radius 3 is 2.29 bits per heavy atom. The van der Waals surface area contributed by atoms with E-state index in [0.717, 1.165) is 16.9 Å². The molecule has 0 saturated carbocycles. The van der Waals surface area contributed by atoms with Gasteiger partial charge in [-0.05, 0) is 62.6 Å². The van der Waals surface area contributed by atoms with E-state index in [1.807, 2.05) is 57.2 Å². The molecule has 128 valence electrons. The van der Waals surface area contributed by atoms with Crippen LogP contribution in [0.3, 0.4) is 0 Å². The summed E-state index contributed by atoms with van der Waals surface area (Å²) in [4.78, 5) is 12.1. The summed E-state index contributed by atoms with van der Waals surface area (Å²) in [5, 5.41) is 0. The topological polar surface area (TPSA) is 44.8 Å². The van der Waals surface area contributed by atoms with E-state index in [1.54, 1.807) is 6.07 Å². The lowest BCUT2D eigenvalue weighted by Gasteiger charge is -2.11. The van der Waals surface area contributed by atoms with Crippen LogP contribution < -0.4 is 14.2 Å². The number of rotatable bonds is 8. The molecule has 0 bridgehead atoms. The Hall–Kier alpha value is -2.49. The van der Waals surface area contributed by atoms with Crippen molar-refractivity contribution in [3.8, 4) is 17.2 Å². The van der Waals surface area contributed by atoms with E-state index in [0.29, 0.717) is 37.6 Å². The summed E-state index contributed by atoms with van der Waals surface area (Å²) in [5.41, 5.74) is 2.14. The lowest BCUT2D eigenvalue weighted by molar-refractivity contribution is -0.134. The van der Waals surface area contributed by atoms with Gasteiger partial charge in [-0.3, -0.25) is 4.79 Å². The molecule has 0 aliphatic heterocycles. The first-order chi connectivity index (χ1) is 11.6. The maximum Gasteiger partial charge on any atom is 0.311 e. The third-order valence-electron chi connectivity index (χ3n) is 3.48. The van der Waals surface area contributed by atoms with Crippen LogP contribution in [0.15, 0.2) is 42.5 Å². The highest BCUT2D eigenvalue weighted by atomic mass is 16.6. The number of hydrogen-bond acceptors (Lipinski definition) is 4. The fourth-order valence-electron chi connectivity index (χ4n) is 2.31. The summed E-state index contributed by atoms with van der Waals surface area (Å²) < 4.78 is 16.4. The zero-order valence-electron chi connectivity index (χ0n) is 14.5. The second-order valence-corrected chi connectivity index (χ2v) is 5.43. The molecule has 0 atom stereocenters. The number of aryl methyl sites for hydroxylation is 2. The molecule has 0 unspecified atom stereocenters. The number of esters is 1. The highest BCUT2D eigenvalue weighted by Crippen LogP contribution is 2.28. The van der Waals surface area contributed by atoms with Crippen LogP contribution >= 0.6 is 0 Å². The molecule has 0 spiro atoms. The Morgan fingerprint density at radius 1 is 0.917 bits per heavy atom. The van der Waals surface area contributed by atoms with Gasteiger partial charge in [0.15, 0.2) is 11.5 Å². The Labute approximate surface area is 143 Å². The molecular formula is C20H24O4. The monoisotopic (exact) mass is 328 g/mol. The first-order valence-corrected chi connectivity index (χ1v) is 8.28. The smallest absolute Gasteiger partial charge is 0.311 e. The van der Waals surface area contributed by atoms with Crippen LogP contribution in [0.25, 0.3) is 0 Å². The molecule has 0 heterocycles. The minimum absolute atomic E-state index is 0.270. The third-order valence-corrected chi connectivity index (χ3v) is 3.48. The molecule has 0 aliphatic rings. The minimum atomic E-state index is -0.270. The average Bonchev–Trinajstić information content (AvgIpc) is 2.57. The van der Waals surface area contributed by atoms with Gasteiger partial charge in [0.25, 0.3) is 0 Å². The number of ether oxygens (including phenoxy) is 3. The van der Waals surface area contributed by atoms with Crippen molar-refractivity contribution in [1.82, 2.24) is 0 Å². The molecule has 0 N–H and O–H groups in total. The molecular weight excluding hydrogens is 304 g/mol. The molecule has 4 heteroatoms. The standard InChI is InChI=1S/C20H24O4/c1-4-22-17-10-7-16(8-11-17)9-13-20(21)24-18-12-6-15(3)14-19(18)23-5-2/h6-8,10-12,14H,4-5,9,13H2,1-3H3. The van der Waals surface area contributed by atoms with Crippen LogP contribution in [0.1, 0.15) is 31.4 Å². The van der Waals surface area contributed by atoms with Crippen molar-refractivity contribution in [3.05, 3.63) is 53.6 Å². The van der Waals surface area contributed by atoms with Crippen molar-refractivity contribution in [2.75, 3.05) is 13.2 Å². The van der Waals surface area contributed by atoms with Crippen molar-refractivity contribution in [1.29, 1.82) is 0 Å². The minimum Gasteiger partial charge on any atom is -0.494 e. The summed E-state index contributed by atoms with van der Waals surface area (Å²) in [6.07, 6.45) is 0.939. The first-order valence-electron chi connectivity index (χ1n) is 8.28. The quantitative estimate of drug-likeness (QED) is 0.534. The Bertz CT molecular complexity index is 662. The highest BCUT2D eigenvalue weighted by molar-refractivity contribution is 5.73. The van der Waals surface area contributed by atoms with E-state index in [2.05, 4.69) is 0 Å². The highest BCUT2D eigenvalue weighted by Gasteiger charge is 2.11. The van der Waals surface area contributed by atoms with Gasteiger partial charge in [-0.25, -0.2) is 0 Å². The fourth-order valence-corrected chi connectivity index (χ4v) is 2.31. The van der Waals surface area contributed by atoms with E-state index in [1.165, 1.54) is 0 Å². The van der Waals surface area contributed by atoms with Gasteiger partial charge < -0.3 is 14.2 Å². The van der Waals surface area contributed by atoms with E-state index in [9.17, 15) is 4.79 Å². The van der Waals surface area contributed by atoms with E-state index in [-0.39, 0.29) is 5.97 Å². The molecule has 0 amide bonds. The van der Waals surface area contributed by atoms with Crippen molar-refractivity contribution in [2.45, 2.75) is 33.6 Å². The van der Waals surface area contributed by atoms with Crippen molar-refractivity contribution in [3.63, 3.8) is 0 Å². The third kappa shape index (κ3) is 5.30. The molecule has 2 aromatic carbocycles. The number of carbonyl (C=O) groups excluding carboxylic acids is 1. The summed E-state index contributed by atoms with van der Waals surface area (Å²) in [6.45, 7) is 7.00. The lowest BCUT2D eigenvalue weighted by atomic mass is 10.1. The summed E-state index contributed by atoms with van der Waals surface area (Å²) in [5.74, 6) is 1.64. The number of carbonyl (C=O) groups is 1. The van der Waals surface area contributed by atoms with E-state index < -0.39 is 0 Å². The van der Waals surface area contributed by atoms with Gasteiger partial charge in [-0.1, -0.05) is 18.2 Å². The summed E-state index contributed by atoms with van der Waals surface area (Å²) >= 11 is 0. The molecule has 2 aromatic rings. The van der Waals surface area contributed by atoms with E-state index in [4.69, 9.17) is 14.2 Å². The van der Waals surface area contributed by atoms with Gasteiger partial charge in [0, 0.05) is 6.42 Å². The van der Waals surface area contributed by atoms with Crippen LogP contribution in [0.5, 0.6) is 17.2 Å². The van der Waals surface area contributed by atoms with Gasteiger partial charge in [0.2, 0.25) is 0 Å². The Morgan fingerprint density at radius 2 is 1.62 bits per heavy atom. The van der Waals surface area contributed by atoms with Gasteiger partial charge in [0.05, 0.1) is 13.2 Å². The summed E-state index contributed by atoms with van der Waals surface area (Å²) in [7, 11) is 0. The van der Waals surface area contributed by atoms with E-state index >= 15 is 0 Å². The second kappa shape index (κ2) is 8.96. The molecule has 4 nitrogen and oxygen atoms in total.